The minimum Gasteiger partial charge on any atom is -0.507 e. The second kappa shape index (κ2) is 9.56. The standard InChI is InChI=1S/C28H33Cl2NO2/c1-27(2,3)21-14-19(15-22(25(21)33)28(4,5)6)12-13-23(32)20-16-24(29)31(26(20)30)17-18-10-8-7-9-11-18/h7-11,14-16,33H,12-13,17H2,1-6H3. The molecule has 176 valence electrons. The number of Topliss-reactive ketones (excluding diaryl/α,β-unsaturated/α-hetero) is 1. The highest BCUT2D eigenvalue weighted by molar-refractivity contribution is 6.36. The molecule has 3 rings (SSSR count). The summed E-state index contributed by atoms with van der Waals surface area (Å²) in [5.41, 5.74) is 3.90. The van der Waals surface area contributed by atoms with Crippen LogP contribution in [0.2, 0.25) is 10.3 Å². The van der Waals surface area contributed by atoms with Crippen LogP contribution in [-0.2, 0) is 23.8 Å². The number of halogens is 2. The molecule has 0 fully saturated rings. The van der Waals surface area contributed by atoms with Crippen molar-refractivity contribution in [3.63, 3.8) is 0 Å². The van der Waals surface area contributed by atoms with Gasteiger partial charge in [-0.25, -0.2) is 0 Å². The molecule has 0 aliphatic rings. The Labute approximate surface area is 207 Å². The molecule has 1 heterocycles. The van der Waals surface area contributed by atoms with E-state index in [2.05, 4.69) is 41.5 Å². The molecule has 3 nitrogen and oxygen atoms in total. The number of ketones is 1. The van der Waals surface area contributed by atoms with Crippen LogP contribution in [-0.4, -0.2) is 15.5 Å². The summed E-state index contributed by atoms with van der Waals surface area (Å²) in [6.07, 6.45) is 0.867. The number of aryl methyl sites for hydroxylation is 1. The number of rotatable bonds is 6. The average Bonchev–Trinajstić information content (AvgIpc) is 3.00. The first kappa shape index (κ1) is 25.4. The highest BCUT2D eigenvalue weighted by atomic mass is 35.5. The number of aromatic hydroxyl groups is 1. The summed E-state index contributed by atoms with van der Waals surface area (Å²) in [7, 11) is 0. The van der Waals surface area contributed by atoms with Crippen LogP contribution < -0.4 is 0 Å². The quantitative estimate of drug-likeness (QED) is 0.359. The van der Waals surface area contributed by atoms with Gasteiger partial charge in [-0.2, -0.15) is 0 Å². The zero-order valence-electron chi connectivity index (χ0n) is 20.3. The van der Waals surface area contributed by atoms with Crippen molar-refractivity contribution >= 4 is 29.0 Å². The van der Waals surface area contributed by atoms with Gasteiger partial charge in [0.1, 0.15) is 16.1 Å². The SMILES string of the molecule is CC(C)(C)c1cc(CCC(=O)c2cc(Cl)n(Cc3ccccc3)c2Cl)cc(C(C)(C)C)c1O. The van der Waals surface area contributed by atoms with Gasteiger partial charge in [-0.15, -0.1) is 0 Å². The molecule has 0 saturated carbocycles. The maximum Gasteiger partial charge on any atom is 0.166 e. The summed E-state index contributed by atoms with van der Waals surface area (Å²) >= 11 is 13.0. The highest BCUT2D eigenvalue weighted by Crippen LogP contribution is 2.40. The average molecular weight is 486 g/mol. The van der Waals surface area contributed by atoms with Crippen LogP contribution in [0.3, 0.4) is 0 Å². The van der Waals surface area contributed by atoms with Crippen LogP contribution in [0.5, 0.6) is 5.75 Å². The minimum atomic E-state index is -0.213. The molecule has 0 atom stereocenters. The zero-order valence-corrected chi connectivity index (χ0v) is 21.8. The fourth-order valence-corrected chi connectivity index (χ4v) is 4.58. The molecule has 0 aliphatic heterocycles. The largest absolute Gasteiger partial charge is 0.507 e. The van der Waals surface area contributed by atoms with Gasteiger partial charge < -0.3 is 9.67 Å². The summed E-state index contributed by atoms with van der Waals surface area (Å²) in [6.45, 7) is 13.0. The zero-order chi connectivity index (χ0) is 24.6. The van der Waals surface area contributed by atoms with E-state index in [0.29, 0.717) is 41.0 Å². The normalized spacial score (nSPS) is 12.2. The van der Waals surface area contributed by atoms with Gasteiger partial charge in [0.25, 0.3) is 0 Å². The van der Waals surface area contributed by atoms with E-state index in [-0.39, 0.29) is 16.6 Å². The van der Waals surface area contributed by atoms with Crippen LogP contribution in [0, 0.1) is 0 Å². The van der Waals surface area contributed by atoms with Crippen molar-refractivity contribution in [2.45, 2.75) is 71.8 Å². The number of carbonyl (C=O) groups excluding carboxylic acids is 1. The molecule has 0 amide bonds. The van der Waals surface area contributed by atoms with Crippen molar-refractivity contribution in [3.05, 3.63) is 86.7 Å². The monoisotopic (exact) mass is 485 g/mol. The first-order valence-corrected chi connectivity index (χ1v) is 12.0. The Morgan fingerprint density at radius 1 is 0.879 bits per heavy atom. The van der Waals surface area contributed by atoms with Crippen LogP contribution >= 0.6 is 23.2 Å². The first-order chi connectivity index (χ1) is 15.3. The lowest BCUT2D eigenvalue weighted by Gasteiger charge is -2.28. The maximum atomic E-state index is 13.1. The third-order valence-corrected chi connectivity index (χ3v) is 6.61. The van der Waals surface area contributed by atoms with Crippen molar-refractivity contribution in [2.24, 2.45) is 0 Å². The van der Waals surface area contributed by atoms with E-state index in [1.54, 1.807) is 10.6 Å². The van der Waals surface area contributed by atoms with E-state index in [1.807, 2.05) is 42.5 Å². The summed E-state index contributed by atoms with van der Waals surface area (Å²) in [5.74, 6) is 0.300. The lowest BCUT2D eigenvalue weighted by molar-refractivity contribution is 0.0983. The predicted molar refractivity (Wildman–Crippen MR) is 138 cm³/mol. The molecule has 33 heavy (non-hydrogen) atoms. The predicted octanol–water partition coefficient (Wildman–Crippen LogP) is 7.96. The fourth-order valence-electron chi connectivity index (χ4n) is 3.98. The summed E-state index contributed by atoms with van der Waals surface area (Å²) < 4.78 is 1.75. The lowest BCUT2D eigenvalue weighted by atomic mass is 9.78. The molecule has 0 bridgehead atoms. The molecular formula is C28H33Cl2NO2. The molecule has 3 aromatic rings. The van der Waals surface area contributed by atoms with Crippen LogP contribution in [0.4, 0.5) is 0 Å². The first-order valence-electron chi connectivity index (χ1n) is 11.3. The number of nitrogens with zero attached hydrogens (tertiary/aromatic N) is 1. The summed E-state index contributed by atoms with van der Waals surface area (Å²) in [6, 6.07) is 15.6. The topological polar surface area (TPSA) is 42.2 Å². The molecule has 1 aromatic heterocycles. The van der Waals surface area contributed by atoms with E-state index in [9.17, 15) is 9.90 Å². The van der Waals surface area contributed by atoms with Gasteiger partial charge in [0.2, 0.25) is 0 Å². The van der Waals surface area contributed by atoms with Gasteiger partial charge in [-0.1, -0.05) is 107 Å². The van der Waals surface area contributed by atoms with Crippen LogP contribution in [0.25, 0.3) is 0 Å². The second-order valence-electron chi connectivity index (χ2n) is 10.7. The Balaban J connectivity index is 1.85. The molecular weight excluding hydrogens is 453 g/mol. The number of carbonyl (C=O) groups is 1. The third-order valence-electron chi connectivity index (χ3n) is 5.89. The van der Waals surface area contributed by atoms with Crippen LogP contribution in [0.15, 0.2) is 48.5 Å². The van der Waals surface area contributed by atoms with E-state index in [0.717, 1.165) is 22.3 Å². The number of benzene rings is 2. The molecule has 0 spiro atoms. The van der Waals surface area contributed by atoms with Crippen molar-refractivity contribution in [1.29, 1.82) is 0 Å². The van der Waals surface area contributed by atoms with Crippen LogP contribution in [0.1, 0.15) is 80.6 Å². The Kier molecular flexibility index (Phi) is 7.36. The van der Waals surface area contributed by atoms with Gasteiger partial charge in [-0.3, -0.25) is 4.79 Å². The molecule has 0 radical (unpaired) electrons. The fraction of sp³-hybridized carbons (Fsp3) is 0.393. The smallest absolute Gasteiger partial charge is 0.166 e. The van der Waals surface area contributed by atoms with Gasteiger partial charge >= 0.3 is 0 Å². The van der Waals surface area contributed by atoms with Crippen molar-refractivity contribution in [3.8, 4) is 5.75 Å². The van der Waals surface area contributed by atoms with Gasteiger partial charge in [-0.05, 0) is 45.6 Å². The van der Waals surface area contributed by atoms with E-state index in [4.69, 9.17) is 23.2 Å². The molecule has 0 aliphatic carbocycles. The highest BCUT2D eigenvalue weighted by Gasteiger charge is 2.27. The Hall–Kier alpha value is -2.23. The second-order valence-corrected chi connectivity index (χ2v) is 11.5. The minimum absolute atomic E-state index is 0.0450. The van der Waals surface area contributed by atoms with E-state index < -0.39 is 0 Å². The lowest BCUT2D eigenvalue weighted by Crippen LogP contribution is -2.18. The molecule has 1 N–H and O–H groups in total. The number of hydrogen-bond donors (Lipinski definition) is 1. The molecule has 2 aromatic carbocycles. The summed E-state index contributed by atoms with van der Waals surface area (Å²) in [5, 5.41) is 11.7. The maximum absolute atomic E-state index is 13.1. The number of hydrogen-bond acceptors (Lipinski definition) is 2. The Bertz CT molecular complexity index is 1110. The van der Waals surface area contributed by atoms with Gasteiger partial charge in [0.15, 0.2) is 5.78 Å². The van der Waals surface area contributed by atoms with E-state index >= 15 is 0 Å². The Morgan fingerprint density at radius 3 is 1.94 bits per heavy atom. The van der Waals surface area contributed by atoms with Gasteiger partial charge in [0, 0.05) is 13.0 Å². The molecule has 0 unspecified atom stereocenters. The number of aromatic nitrogens is 1. The number of phenolic OH excluding ortho intramolecular Hbond substituents is 1. The van der Waals surface area contributed by atoms with Crippen molar-refractivity contribution < 1.29 is 9.90 Å². The third kappa shape index (κ3) is 5.83. The Morgan fingerprint density at radius 2 is 1.42 bits per heavy atom. The molecule has 0 saturated heterocycles. The van der Waals surface area contributed by atoms with Crippen molar-refractivity contribution in [1.82, 2.24) is 4.57 Å². The van der Waals surface area contributed by atoms with Gasteiger partial charge in [0.05, 0.1) is 5.56 Å². The van der Waals surface area contributed by atoms with E-state index in [1.165, 1.54) is 0 Å². The van der Waals surface area contributed by atoms with Crippen molar-refractivity contribution in [2.75, 3.05) is 0 Å². The summed E-state index contributed by atoms with van der Waals surface area (Å²) in [4.78, 5) is 13.1. The molecule has 5 heteroatoms. The number of phenols is 1.